The number of primary amides is 1. The van der Waals surface area contributed by atoms with E-state index in [-0.39, 0.29) is 12.5 Å². The number of halogens is 1. The van der Waals surface area contributed by atoms with Crippen LogP contribution in [0.5, 0.6) is 0 Å². The zero-order valence-corrected chi connectivity index (χ0v) is 12.5. The Morgan fingerprint density at radius 1 is 1.38 bits per heavy atom. The van der Waals surface area contributed by atoms with Gasteiger partial charge in [0.15, 0.2) is 0 Å². The molecule has 0 radical (unpaired) electrons. The molecule has 0 bridgehead atoms. The molecule has 0 fully saturated rings. The molecule has 0 aliphatic carbocycles. The van der Waals surface area contributed by atoms with Crippen LogP contribution in [0.15, 0.2) is 18.2 Å². The molecule has 6 nitrogen and oxygen atoms in total. The van der Waals surface area contributed by atoms with Gasteiger partial charge in [0, 0.05) is 17.3 Å². The van der Waals surface area contributed by atoms with Gasteiger partial charge in [-0.2, -0.15) is 0 Å². The molecular weight excluding hydrogens is 294 g/mol. The van der Waals surface area contributed by atoms with Crippen molar-refractivity contribution in [3.63, 3.8) is 0 Å². The maximum absolute atomic E-state index is 12.2. The summed E-state index contributed by atoms with van der Waals surface area (Å²) in [5, 5.41) is 3.00. The number of nitrogens with two attached hydrogens (primary N) is 1. The summed E-state index contributed by atoms with van der Waals surface area (Å²) < 4.78 is 0. The van der Waals surface area contributed by atoms with E-state index in [0.29, 0.717) is 16.3 Å². The molecule has 1 aliphatic heterocycles. The number of amides is 3. The van der Waals surface area contributed by atoms with Gasteiger partial charge in [0.25, 0.3) is 0 Å². The molecule has 0 saturated heterocycles. The number of anilines is 1. The van der Waals surface area contributed by atoms with Crippen molar-refractivity contribution in [1.29, 1.82) is 0 Å². The zero-order chi connectivity index (χ0) is 15.7. The van der Waals surface area contributed by atoms with Gasteiger partial charge in [-0.1, -0.05) is 25.4 Å². The van der Waals surface area contributed by atoms with Gasteiger partial charge in [0.1, 0.15) is 6.04 Å². The fourth-order valence-electron chi connectivity index (χ4n) is 2.44. The molecule has 1 atom stereocenters. The van der Waals surface area contributed by atoms with Crippen molar-refractivity contribution in [2.45, 2.75) is 26.4 Å². The molecule has 1 heterocycles. The van der Waals surface area contributed by atoms with Gasteiger partial charge >= 0.3 is 11.8 Å². The van der Waals surface area contributed by atoms with E-state index in [1.54, 1.807) is 32.0 Å². The second-order valence-corrected chi connectivity index (χ2v) is 5.72. The number of hydrogen-bond acceptors (Lipinski definition) is 3. The van der Waals surface area contributed by atoms with E-state index in [0.717, 1.165) is 0 Å². The normalized spacial score (nSPS) is 16.3. The van der Waals surface area contributed by atoms with Crippen molar-refractivity contribution in [3.8, 4) is 0 Å². The third-order valence-corrected chi connectivity index (χ3v) is 3.61. The van der Waals surface area contributed by atoms with E-state index < -0.39 is 23.8 Å². The molecule has 7 heteroatoms. The highest BCUT2D eigenvalue weighted by Gasteiger charge is 2.36. The van der Waals surface area contributed by atoms with Crippen LogP contribution in [-0.2, 0) is 20.9 Å². The Bertz CT molecular complexity index is 615. The SMILES string of the molecule is CC(C)[C@H](C(N)=O)N1Cc2cc(Cl)ccc2NC(=O)C1=O. The maximum atomic E-state index is 12.2. The van der Waals surface area contributed by atoms with Crippen molar-refractivity contribution in [1.82, 2.24) is 4.90 Å². The lowest BCUT2D eigenvalue weighted by atomic mass is 10.0. The molecule has 3 amide bonds. The molecule has 0 unspecified atom stereocenters. The van der Waals surface area contributed by atoms with E-state index >= 15 is 0 Å². The lowest BCUT2D eigenvalue weighted by Gasteiger charge is -2.30. The zero-order valence-electron chi connectivity index (χ0n) is 11.7. The summed E-state index contributed by atoms with van der Waals surface area (Å²) in [6.07, 6.45) is 0. The Morgan fingerprint density at radius 2 is 2.05 bits per heavy atom. The van der Waals surface area contributed by atoms with Crippen molar-refractivity contribution >= 4 is 35.0 Å². The summed E-state index contributed by atoms with van der Waals surface area (Å²) in [5.41, 5.74) is 6.55. The predicted octanol–water partition coefficient (Wildman–Crippen LogP) is 1.13. The highest BCUT2D eigenvalue weighted by atomic mass is 35.5. The first-order valence-electron chi connectivity index (χ1n) is 6.51. The Labute approximate surface area is 127 Å². The molecule has 0 spiro atoms. The average Bonchev–Trinajstić information content (AvgIpc) is 2.49. The van der Waals surface area contributed by atoms with Crippen LogP contribution in [0.2, 0.25) is 5.02 Å². The monoisotopic (exact) mass is 309 g/mol. The molecule has 0 saturated carbocycles. The molecule has 1 aromatic rings. The molecule has 1 aliphatic rings. The first-order chi connectivity index (χ1) is 9.81. The van der Waals surface area contributed by atoms with Crippen LogP contribution >= 0.6 is 11.6 Å². The lowest BCUT2D eigenvalue weighted by Crippen LogP contribution is -2.52. The van der Waals surface area contributed by atoms with Crippen LogP contribution < -0.4 is 11.1 Å². The van der Waals surface area contributed by atoms with E-state index in [9.17, 15) is 14.4 Å². The van der Waals surface area contributed by atoms with Crippen molar-refractivity contribution in [2.75, 3.05) is 5.32 Å². The van der Waals surface area contributed by atoms with Gasteiger partial charge in [-0.25, -0.2) is 0 Å². The summed E-state index contributed by atoms with van der Waals surface area (Å²) in [6, 6.07) is 4.05. The van der Waals surface area contributed by atoms with Crippen LogP contribution in [0.3, 0.4) is 0 Å². The van der Waals surface area contributed by atoms with E-state index in [1.165, 1.54) is 4.90 Å². The van der Waals surface area contributed by atoms with Crippen LogP contribution in [0.4, 0.5) is 5.69 Å². The Kier molecular flexibility index (Phi) is 4.18. The first kappa shape index (κ1) is 15.3. The number of nitrogens with zero attached hydrogens (tertiary/aromatic N) is 1. The van der Waals surface area contributed by atoms with Gasteiger partial charge in [0.2, 0.25) is 5.91 Å². The van der Waals surface area contributed by atoms with Crippen LogP contribution in [-0.4, -0.2) is 28.7 Å². The fraction of sp³-hybridized carbons (Fsp3) is 0.357. The summed E-state index contributed by atoms with van der Waals surface area (Å²) in [5.74, 6) is -2.42. The molecule has 21 heavy (non-hydrogen) atoms. The summed E-state index contributed by atoms with van der Waals surface area (Å²) in [6.45, 7) is 3.63. The van der Waals surface area contributed by atoms with E-state index in [1.807, 2.05) is 0 Å². The standard InChI is InChI=1S/C14H16ClN3O3/c1-7(2)11(12(16)19)18-6-8-5-9(15)3-4-10(8)17-13(20)14(18)21/h3-5,7,11H,6H2,1-2H3,(H2,16,19)(H,17,20)/t11-/m1/s1. The number of rotatable bonds is 3. The van der Waals surface area contributed by atoms with Crippen molar-refractivity contribution in [2.24, 2.45) is 11.7 Å². The Hall–Kier alpha value is -2.08. The molecule has 112 valence electrons. The fourth-order valence-corrected chi connectivity index (χ4v) is 2.64. The predicted molar refractivity (Wildman–Crippen MR) is 78.5 cm³/mol. The minimum atomic E-state index is -0.854. The Morgan fingerprint density at radius 3 is 2.62 bits per heavy atom. The minimum Gasteiger partial charge on any atom is -0.368 e. The highest BCUT2D eigenvalue weighted by molar-refractivity contribution is 6.40. The van der Waals surface area contributed by atoms with Crippen molar-refractivity contribution < 1.29 is 14.4 Å². The summed E-state index contributed by atoms with van der Waals surface area (Å²) >= 11 is 5.95. The van der Waals surface area contributed by atoms with Gasteiger partial charge in [-0.3, -0.25) is 14.4 Å². The average molecular weight is 310 g/mol. The van der Waals surface area contributed by atoms with Crippen LogP contribution in [0.1, 0.15) is 19.4 Å². The number of nitrogens with one attached hydrogen (secondary N) is 1. The molecule has 2 rings (SSSR count). The second kappa shape index (κ2) is 5.73. The third-order valence-electron chi connectivity index (χ3n) is 3.37. The largest absolute Gasteiger partial charge is 0.368 e. The molecule has 3 N–H and O–H groups in total. The van der Waals surface area contributed by atoms with E-state index in [4.69, 9.17) is 17.3 Å². The van der Waals surface area contributed by atoms with Crippen LogP contribution in [0, 0.1) is 5.92 Å². The molecule has 0 aromatic heterocycles. The van der Waals surface area contributed by atoms with E-state index in [2.05, 4.69) is 5.32 Å². The summed E-state index contributed by atoms with van der Waals surface area (Å²) in [4.78, 5) is 37.0. The second-order valence-electron chi connectivity index (χ2n) is 5.28. The quantitative estimate of drug-likeness (QED) is 0.820. The van der Waals surface area contributed by atoms with Crippen molar-refractivity contribution in [3.05, 3.63) is 28.8 Å². The van der Waals surface area contributed by atoms with Gasteiger partial charge in [-0.05, 0) is 29.7 Å². The van der Waals surface area contributed by atoms with Gasteiger partial charge in [-0.15, -0.1) is 0 Å². The summed E-state index contributed by atoms with van der Waals surface area (Å²) in [7, 11) is 0. The molecule has 1 aromatic carbocycles. The molecular formula is C14H16ClN3O3. The van der Waals surface area contributed by atoms with Crippen LogP contribution in [0.25, 0.3) is 0 Å². The number of benzene rings is 1. The number of fused-ring (bicyclic) bond motifs is 1. The topological polar surface area (TPSA) is 92.5 Å². The minimum absolute atomic E-state index is 0.0965. The smallest absolute Gasteiger partial charge is 0.313 e. The highest BCUT2D eigenvalue weighted by Crippen LogP contribution is 2.27. The number of hydrogen-bond donors (Lipinski definition) is 2. The van der Waals surface area contributed by atoms with Gasteiger partial charge in [0.05, 0.1) is 0 Å². The first-order valence-corrected chi connectivity index (χ1v) is 6.88. The number of carbonyl (C=O) groups excluding carboxylic acids is 3. The third kappa shape index (κ3) is 3.00. The number of carbonyl (C=O) groups is 3. The lowest BCUT2D eigenvalue weighted by molar-refractivity contribution is -0.148. The van der Waals surface area contributed by atoms with Gasteiger partial charge < -0.3 is 16.0 Å². The Balaban J connectivity index is 2.48. The maximum Gasteiger partial charge on any atom is 0.313 e.